The molecular weight excluding hydrogens is 222 g/mol. The molecule has 0 aliphatic carbocycles. The van der Waals surface area contributed by atoms with Crippen LogP contribution in [0.5, 0.6) is 0 Å². The van der Waals surface area contributed by atoms with E-state index in [1.165, 1.54) is 5.56 Å². The molecule has 3 aromatic rings. The summed E-state index contributed by atoms with van der Waals surface area (Å²) in [4.78, 5) is 4.62. The molecule has 0 atom stereocenters. The Hall–Kier alpha value is -2.13. The third-order valence-corrected chi connectivity index (χ3v) is 3.06. The predicted octanol–water partition coefficient (Wildman–Crippen LogP) is 2.38. The van der Waals surface area contributed by atoms with Gasteiger partial charge in [0.25, 0.3) is 0 Å². The van der Waals surface area contributed by atoms with Gasteiger partial charge >= 0.3 is 0 Å². The van der Waals surface area contributed by atoms with E-state index in [-0.39, 0.29) is 0 Å². The fourth-order valence-corrected chi connectivity index (χ4v) is 2.17. The molecular formula is C15H15N3. The maximum absolute atomic E-state index is 5.73. The minimum absolute atomic E-state index is 0.526. The maximum Gasteiger partial charge on any atom is 0.137 e. The van der Waals surface area contributed by atoms with Crippen molar-refractivity contribution in [3.05, 3.63) is 71.7 Å². The normalized spacial score (nSPS) is 10.9. The number of nitrogens with two attached hydrogens (primary N) is 1. The number of pyridine rings is 1. The summed E-state index contributed by atoms with van der Waals surface area (Å²) in [5.74, 6) is 0. The van der Waals surface area contributed by atoms with Crippen molar-refractivity contribution in [1.82, 2.24) is 9.38 Å². The zero-order valence-electron chi connectivity index (χ0n) is 10.1. The van der Waals surface area contributed by atoms with Crippen LogP contribution in [-0.2, 0) is 13.0 Å². The van der Waals surface area contributed by atoms with Gasteiger partial charge in [-0.15, -0.1) is 0 Å². The number of rotatable bonds is 3. The molecule has 0 radical (unpaired) electrons. The number of hydrogen-bond donors (Lipinski definition) is 1. The van der Waals surface area contributed by atoms with Crippen molar-refractivity contribution in [3.8, 4) is 0 Å². The molecule has 2 aromatic heterocycles. The Bertz CT molecular complexity index is 656. The van der Waals surface area contributed by atoms with Crippen molar-refractivity contribution in [3.63, 3.8) is 0 Å². The van der Waals surface area contributed by atoms with Crippen molar-refractivity contribution in [2.45, 2.75) is 13.0 Å². The molecule has 2 N–H and O–H groups in total. The van der Waals surface area contributed by atoms with Gasteiger partial charge in [-0.3, -0.25) is 0 Å². The molecule has 0 fully saturated rings. The van der Waals surface area contributed by atoms with Gasteiger partial charge < -0.3 is 10.1 Å². The molecule has 1 aromatic carbocycles. The van der Waals surface area contributed by atoms with E-state index in [2.05, 4.69) is 39.8 Å². The van der Waals surface area contributed by atoms with E-state index in [0.29, 0.717) is 6.54 Å². The third kappa shape index (κ3) is 2.00. The summed E-state index contributed by atoms with van der Waals surface area (Å²) < 4.78 is 2.07. The zero-order valence-corrected chi connectivity index (χ0v) is 10.1. The highest BCUT2D eigenvalue weighted by Gasteiger charge is 2.04. The first-order valence-electron chi connectivity index (χ1n) is 6.06. The Labute approximate surface area is 106 Å². The van der Waals surface area contributed by atoms with E-state index in [1.54, 1.807) is 0 Å². The molecule has 0 amide bonds. The van der Waals surface area contributed by atoms with Crippen LogP contribution in [0.25, 0.3) is 5.65 Å². The van der Waals surface area contributed by atoms with Gasteiger partial charge in [0.2, 0.25) is 0 Å². The molecule has 0 saturated heterocycles. The van der Waals surface area contributed by atoms with E-state index in [0.717, 1.165) is 23.5 Å². The first-order valence-corrected chi connectivity index (χ1v) is 6.06. The van der Waals surface area contributed by atoms with Crippen LogP contribution in [0.3, 0.4) is 0 Å². The van der Waals surface area contributed by atoms with Crippen LogP contribution in [0, 0.1) is 0 Å². The van der Waals surface area contributed by atoms with Crippen molar-refractivity contribution in [2.24, 2.45) is 5.73 Å². The predicted molar refractivity (Wildman–Crippen MR) is 72.3 cm³/mol. The van der Waals surface area contributed by atoms with Gasteiger partial charge in [0.15, 0.2) is 0 Å². The van der Waals surface area contributed by atoms with Gasteiger partial charge in [-0.05, 0) is 17.7 Å². The van der Waals surface area contributed by atoms with Gasteiger partial charge in [0, 0.05) is 24.9 Å². The Morgan fingerprint density at radius 1 is 1.00 bits per heavy atom. The number of hydrogen-bond acceptors (Lipinski definition) is 2. The fourth-order valence-electron chi connectivity index (χ4n) is 2.17. The molecule has 0 aliphatic rings. The van der Waals surface area contributed by atoms with Gasteiger partial charge in [-0.1, -0.05) is 36.4 Å². The zero-order chi connectivity index (χ0) is 12.4. The van der Waals surface area contributed by atoms with Crippen molar-refractivity contribution in [1.29, 1.82) is 0 Å². The summed E-state index contributed by atoms with van der Waals surface area (Å²) >= 11 is 0. The lowest BCUT2D eigenvalue weighted by Gasteiger charge is -2.00. The van der Waals surface area contributed by atoms with Crippen LogP contribution in [0.15, 0.2) is 54.7 Å². The van der Waals surface area contributed by atoms with Gasteiger partial charge in [-0.25, -0.2) is 4.98 Å². The summed E-state index contributed by atoms with van der Waals surface area (Å²) in [6, 6.07) is 16.4. The maximum atomic E-state index is 5.73. The molecule has 3 heteroatoms. The quantitative estimate of drug-likeness (QED) is 0.760. The van der Waals surface area contributed by atoms with E-state index < -0.39 is 0 Å². The third-order valence-electron chi connectivity index (χ3n) is 3.06. The molecule has 18 heavy (non-hydrogen) atoms. The van der Waals surface area contributed by atoms with E-state index in [9.17, 15) is 0 Å². The second-order valence-corrected chi connectivity index (χ2v) is 4.34. The lowest BCUT2D eigenvalue weighted by molar-refractivity contribution is 0.944. The van der Waals surface area contributed by atoms with E-state index >= 15 is 0 Å². The van der Waals surface area contributed by atoms with Crippen molar-refractivity contribution in [2.75, 3.05) is 0 Å². The van der Waals surface area contributed by atoms with E-state index in [1.807, 2.05) is 24.3 Å². The molecule has 0 bridgehead atoms. The summed E-state index contributed by atoms with van der Waals surface area (Å²) in [6.07, 6.45) is 2.93. The molecule has 0 unspecified atom stereocenters. The second kappa shape index (κ2) is 4.63. The molecule has 0 saturated carbocycles. The highest BCUT2D eigenvalue weighted by molar-refractivity contribution is 5.42. The fraction of sp³-hybridized carbons (Fsp3) is 0.133. The molecule has 0 spiro atoms. The molecule has 3 nitrogen and oxygen atoms in total. The smallest absolute Gasteiger partial charge is 0.137 e. The van der Waals surface area contributed by atoms with Gasteiger partial charge in [-0.2, -0.15) is 0 Å². The Balaban J connectivity index is 1.99. The number of aromatic nitrogens is 2. The molecule has 3 rings (SSSR count). The van der Waals surface area contributed by atoms with Gasteiger partial charge in [0.1, 0.15) is 5.65 Å². The minimum atomic E-state index is 0.526. The Morgan fingerprint density at radius 2 is 1.83 bits per heavy atom. The summed E-state index contributed by atoms with van der Waals surface area (Å²) in [5, 5.41) is 0. The van der Waals surface area contributed by atoms with Crippen LogP contribution in [0.4, 0.5) is 0 Å². The summed E-state index contributed by atoms with van der Waals surface area (Å²) in [7, 11) is 0. The largest absolute Gasteiger partial charge is 0.325 e. The summed E-state index contributed by atoms with van der Waals surface area (Å²) in [5.41, 5.74) is 10.1. The Morgan fingerprint density at radius 3 is 2.61 bits per heavy atom. The topological polar surface area (TPSA) is 43.3 Å². The minimum Gasteiger partial charge on any atom is -0.325 e. The number of nitrogens with zero attached hydrogens (tertiary/aromatic N) is 2. The molecule has 90 valence electrons. The van der Waals surface area contributed by atoms with Crippen LogP contribution < -0.4 is 5.73 Å². The lowest BCUT2D eigenvalue weighted by Crippen LogP contribution is -2.02. The number of benzene rings is 1. The van der Waals surface area contributed by atoms with Crippen molar-refractivity contribution < 1.29 is 0 Å². The highest BCUT2D eigenvalue weighted by Crippen LogP contribution is 2.12. The first kappa shape index (κ1) is 11.0. The standard InChI is InChI=1S/C15H15N3/c16-10-14-7-4-8-15-17-13(11-18(14)15)9-12-5-2-1-3-6-12/h1-8,11H,9-10,16H2. The highest BCUT2D eigenvalue weighted by atomic mass is 15.0. The average Bonchev–Trinajstić information content (AvgIpc) is 2.82. The van der Waals surface area contributed by atoms with E-state index in [4.69, 9.17) is 5.73 Å². The number of imidazole rings is 1. The van der Waals surface area contributed by atoms with Crippen LogP contribution in [-0.4, -0.2) is 9.38 Å². The summed E-state index contributed by atoms with van der Waals surface area (Å²) in [6.45, 7) is 0.526. The number of fused-ring (bicyclic) bond motifs is 1. The lowest BCUT2D eigenvalue weighted by atomic mass is 10.1. The van der Waals surface area contributed by atoms with Crippen molar-refractivity contribution >= 4 is 5.65 Å². The van der Waals surface area contributed by atoms with Gasteiger partial charge in [0.05, 0.1) is 5.69 Å². The average molecular weight is 237 g/mol. The van der Waals surface area contributed by atoms with Crippen LogP contribution in [0.2, 0.25) is 0 Å². The second-order valence-electron chi connectivity index (χ2n) is 4.34. The van der Waals surface area contributed by atoms with Crippen LogP contribution >= 0.6 is 0 Å². The molecule has 2 heterocycles. The molecule has 0 aliphatic heterocycles. The monoisotopic (exact) mass is 237 g/mol. The van der Waals surface area contributed by atoms with Crippen LogP contribution in [0.1, 0.15) is 17.0 Å². The SMILES string of the molecule is NCc1cccc2nc(Cc3ccccc3)cn12. The Kier molecular flexibility index (Phi) is 2.82. The first-order chi connectivity index (χ1) is 8.86.